The molecule has 5 aliphatic carbocycles. The number of nitrogens with one attached hydrogen (secondary N) is 2. The summed E-state index contributed by atoms with van der Waals surface area (Å²) in [7, 11) is 0. The summed E-state index contributed by atoms with van der Waals surface area (Å²) in [5, 5.41) is 17.7. The fourth-order valence-electron chi connectivity index (χ4n) is 8.94. The molecule has 5 N–H and O–H groups in total. The molecule has 4 saturated carbocycles. The summed E-state index contributed by atoms with van der Waals surface area (Å²) >= 11 is 6.70. The number of aliphatic carboxylic acids is 1. The number of allylic oxidation sites excluding steroid dienone is 5. The number of carboxylic acids is 1. The predicted molar refractivity (Wildman–Crippen MR) is 143 cm³/mol. The Balaban J connectivity index is 1.53. The summed E-state index contributed by atoms with van der Waals surface area (Å²) in [5.74, 6) is -1.44. The molecule has 1 aliphatic heterocycles. The fourth-order valence-corrected chi connectivity index (χ4v) is 9.22. The molecule has 0 radical (unpaired) electrons. The van der Waals surface area contributed by atoms with Gasteiger partial charge >= 0.3 is 5.97 Å². The second-order valence-corrected chi connectivity index (χ2v) is 13.3. The van der Waals surface area contributed by atoms with Crippen molar-refractivity contribution in [2.24, 2.45) is 28.4 Å². The van der Waals surface area contributed by atoms with E-state index in [0.717, 1.165) is 25.7 Å². The van der Waals surface area contributed by atoms with Crippen molar-refractivity contribution in [2.75, 3.05) is 19.8 Å². The number of halogens is 1. The minimum atomic E-state index is -1.09. The maximum atomic E-state index is 14.2. The lowest BCUT2D eigenvalue weighted by Crippen LogP contribution is -2.65. The van der Waals surface area contributed by atoms with Crippen LogP contribution in [-0.4, -0.2) is 42.3 Å². The number of nitrogens with two attached hydrogens (primary N) is 1. The average Bonchev–Trinajstić information content (AvgIpc) is 2.76. The number of rotatable bonds is 8. The molecule has 37 heavy (non-hydrogen) atoms. The summed E-state index contributed by atoms with van der Waals surface area (Å²) in [4.78, 5) is 26.9. The number of hydrogen-bond donors (Lipinski definition) is 4. The summed E-state index contributed by atoms with van der Waals surface area (Å²) in [6, 6.07) is 0. The molecule has 0 spiro atoms. The van der Waals surface area contributed by atoms with Crippen LogP contribution >= 0.6 is 11.6 Å². The molecule has 7 nitrogen and oxygen atoms in total. The van der Waals surface area contributed by atoms with Crippen molar-refractivity contribution >= 4 is 23.5 Å². The maximum Gasteiger partial charge on any atom is 0.334 e. The Labute approximate surface area is 224 Å². The minimum Gasteiger partial charge on any atom is -0.478 e. The van der Waals surface area contributed by atoms with E-state index < -0.39 is 11.9 Å². The number of carbonyl (C=O) groups is 2. The van der Waals surface area contributed by atoms with Crippen LogP contribution in [0.15, 0.2) is 45.3 Å². The molecule has 3 unspecified atom stereocenters. The van der Waals surface area contributed by atoms with Gasteiger partial charge in [0.1, 0.15) is 0 Å². The van der Waals surface area contributed by atoms with Crippen molar-refractivity contribution in [3.05, 3.63) is 45.3 Å². The van der Waals surface area contributed by atoms with Gasteiger partial charge in [-0.25, -0.2) is 4.79 Å². The van der Waals surface area contributed by atoms with Gasteiger partial charge < -0.3 is 26.2 Å². The molecule has 4 fully saturated rings. The first-order valence-corrected chi connectivity index (χ1v) is 13.9. The Morgan fingerprint density at radius 1 is 1.19 bits per heavy atom. The zero-order valence-corrected chi connectivity index (χ0v) is 23.0. The van der Waals surface area contributed by atoms with Crippen molar-refractivity contribution in [1.29, 1.82) is 0 Å². The topological polar surface area (TPSA) is 114 Å². The van der Waals surface area contributed by atoms with Crippen LogP contribution in [0.3, 0.4) is 0 Å². The van der Waals surface area contributed by atoms with Crippen LogP contribution in [0.2, 0.25) is 0 Å². The molecule has 5 atom stereocenters. The molecule has 1 heterocycles. The molecule has 6 aliphatic rings. The third-order valence-electron chi connectivity index (χ3n) is 9.09. The standard InChI is InChI=1S/C29H40ClN3O4/c1-17-22(25(34)33-29-12-18-10-27(2,15-29)14-28(3,11-18)16-29)23(19-6-4-5-7-20(19)30)24(26(35)36)21(32-17)13-37-9-8-31/h4,6,18,23,32H,5,7-16,31H2,1-3H3,(H,33,34)(H,35,36)/t18?,23?,27-,28+,29?. The lowest BCUT2D eigenvalue weighted by atomic mass is 9.42. The van der Waals surface area contributed by atoms with Gasteiger partial charge in [0.05, 0.1) is 30.4 Å². The number of amides is 1. The normalized spacial score (nSPS) is 36.8. The highest BCUT2D eigenvalue weighted by Crippen LogP contribution is 2.66. The SMILES string of the molecule is CC1=C(C(=O)NC23CC4C[C@@](C)(C2)C[C@](C)(C4)C3)C(C2=C(Cl)CCC=C2)C(C(=O)O)=C(COCCN)N1. The van der Waals surface area contributed by atoms with Crippen LogP contribution in [0.4, 0.5) is 0 Å². The van der Waals surface area contributed by atoms with Crippen LogP contribution in [0.1, 0.15) is 72.1 Å². The van der Waals surface area contributed by atoms with Crippen molar-refractivity contribution in [3.8, 4) is 0 Å². The van der Waals surface area contributed by atoms with Gasteiger partial charge in [-0.2, -0.15) is 0 Å². The third kappa shape index (κ3) is 4.90. The van der Waals surface area contributed by atoms with Gasteiger partial charge in [-0.1, -0.05) is 37.6 Å². The van der Waals surface area contributed by atoms with Crippen molar-refractivity contribution < 1.29 is 19.4 Å². The van der Waals surface area contributed by atoms with Crippen LogP contribution in [0, 0.1) is 22.7 Å². The van der Waals surface area contributed by atoms with Crippen molar-refractivity contribution in [2.45, 2.75) is 77.7 Å². The van der Waals surface area contributed by atoms with E-state index in [-0.39, 0.29) is 34.5 Å². The number of ether oxygens (including phenoxy) is 1. The van der Waals surface area contributed by atoms with E-state index in [1.807, 2.05) is 19.1 Å². The molecule has 4 bridgehead atoms. The molecule has 0 aromatic rings. The first kappa shape index (κ1) is 26.5. The molecular formula is C29H40ClN3O4. The van der Waals surface area contributed by atoms with Crippen LogP contribution in [-0.2, 0) is 14.3 Å². The van der Waals surface area contributed by atoms with Crippen molar-refractivity contribution in [1.82, 2.24) is 10.6 Å². The van der Waals surface area contributed by atoms with E-state index in [1.165, 1.54) is 19.3 Å². The summed E-state index contributed by atoms with van der Waals surface area (Å²) in [5.41, 5.74) is 8.10. The summed E-state index contributed by atoms with van der Waals surface area (Å²) < 4.78 is 5.62. The molecule has 1 amide bonds. The zero-order chi connectivity index (χ0) is 26.6. The monoisotopic (exact) mass is 529 g/mol. The van der Waals surface area contributed by atoms with Gasteiger partial charge in [0.15, 0.2) is 0 Å². The zero-order valence-electron chi connectivity index (χ0n) is 22.2. The number of hydrogen-bond acceptors (Lipinski definition) is 5. The Morgan fingerprint density at radius 2 is 1.89 bits per heavy atom. The minimum absolute atomic E-state index is 0.0680. The van der Waals surface area contributed by atoms with Gasteiger partial charge in [-0.3, -0.25) is 4.79 Å². The van der Waals surface area contributed by atoms with Crippen LogP contribution < -0.4 is 16.4 Å². The van der Waals surface area contributed by atoms with Gasteiger partial charge in [0, 0.05) is 28.4 Å². The largest absolute Gasteiger partial charge is 0.478 e. The average molecular weight is 530 g/mol. The third-order valence-corrected chi connectivity index (χ3v) is 9.49. The van der Waals surface area contributed by atoms with Gasteiger partial charge in [0.25, 0.3) is 0 Å². The quantitative estimate of drug-likeness (QED) is 0.344. The molecule has 202 valence electrons. The van der Waals surface area contributed by atoms with Gasteiger partial charge in [-0.05, 0) is 80.6 Å². The number of carboxylic acid groups (broad SMARTS) is 1. The van der Waals surface area contributed by atoms with Crippen LogP contribution in [0.5, 0.6) is 0 Å². The fraction of sp³-hybridized carbons (Fsp3) is 0.655. The van der Waals surface area contributed by atoms with E-state index in [4.69, 9.17) is 22.1 Å². The lowest BCUT2D eigenvalue weighted by molar-refractivity contribution is -0.137. The number of dihydropyridines is 1. The van der Waals surface area contributed by atoms with Gasteiger partial charge in [-0.15, -0.1) is 0 Å². The first-order chi connectivity index (χ1) is 17.5. The summed E-state index contributed by atoms with van der Waals surface area (Å²) in [6.45, 7) is 7.31. The molecule has 6 rings (SSSR count). The second kappa shape index (κ2) is 9.58. The molecule has 0 aromatic heterocycles. The Hall–Kier alpha value is -2.09. The van der Waals surface area contributed by atoms with E-state index in [9.17, 15) is 14.7 Å². The van der Waals surface area contributed by atoms with Gasteiger partial charge in [0.2, 0.25) is 5.91 Å². The first-order valence-electron chi connectivity index (χ1n) is 13.6. The Morgan fingerprint density at radius 3 is 2.49 bits per heavy atom. The lowest BCUT2D eigenvalue weighted by Gasteiger charge is -2.65. The van der Waals surface area contributed by atoms with E-state index in [2.05, 4.69) is 24.5 Å². The molecule has 0 saturated heterocycles. The molecule has 0 aromatic carbocycles. The highest BCUT2D eigenvalue weighted by atomic mass is 35.5. The number of carbonyl (C=O) groups excluding carboxylic acids is 1. The highest BCUT2D eigenvalue weighted by Gasteiger charge is 2.60. The second-order valence-electron chi connectivity index (χ2n) is 12.8. The van der Waals surface area contributed by atoms with E-state index >= 15 is 0 Å². The van der Waals surface area contributed by atoms with Crippen LogP contribution in [0.25, 0.3) is 0 Å². The highest BCUT2D eigenvalue weighted by molar-refractivity contribution is 6.30. The molecule has 8 heteroatoms. The Bertz CT molecular complexity index is 1120. The maximum absolute atomic E-state index is 14.2. The molecular weight excluding hydrogens is 490 g/mol. The van der Waals surface area contributed by atoms with Crippen molar-refractivity contribution in [3.63, 3.8) is 0 Å². The summed E-state index contributed by atoms with van der Waals surface area (Å²) in [6.07, 6.45) is 11.9. The smallest absolute Gasteiger partial charge is 0.334 e. The predicted octanol–water partition coefficient (Wildman–Crippen LogP) is 4.50. The Kier molecular flexibility index (Phi) is 6.87. The van der Waals surface area contributed by atoms with E-state index in [0.29, 0.717) is 53.1 Å². The van der Waals surface area contributed by atoms with E-state index in [1.54, 1.807) is 0 Å².